The average Bonchev–Trinajstić information content (AvgIpc) is 2.99. The number of aromatic amines is 1. The summed E-state index contributed by atoms with van der Waals surface area (Å²) in [6, 6.07) is 11.1. The molecule has 7 nitrogen and oxygen atoms in total. The summed E-state index contributed by atoms with van der Waals surface area (Å²) in [4.78, 5) is 32.0. The van der Waals surface area contributed by atoms with Crippen LogP contribution in [0.4, 0.5) is 0 Å². The predicted octanol–water partition coefficient (Wildman–Crippen LogP) is 3.51. The number of hydrogen-bond acceptors (Lipinski definition) is 5. The SMILES string of the molecule is CCOC(=O)c1c(C)[nH]c(/C(C)=N/NC(=O)c2ccc3ccccc3n2)c1C. The first-order valence-electron chi connectivity index (χ1n) is 8.99. The van der Waals surface area contributed by atoms with Crippen molar-refractivity contribution < 1.29 is 14.3 Å². The third-order valence-electron chi connectivity index (χ3n) is 4.44. The maximum atomic E-state index is 12.4. The Balaban J connectivity index is 1.81. The number of para-hydroxylation sites is 1. The van der Waals surface area contributed by atoms with Crippen molar-refractivity contribution in [3.63, 3.8) is 0 Å². The topological polar surface area (TPSA) is 96.4 Å². The van der Waals surface area contributed by atoms with E-state index in [1.54, 1.807) is 26.8 Å². The highest BCUT2D eigenvalue weighted by atomic mass is 16.5. The lowest BCUT2D eigenvalue weighted by atomic mass is 10.1. The Bertz CT molecular complexity index is 1080. The number of carbonyl (C=O) groups excluding carboxylic acids is 2. The number of hydrazone groups is 1. The zero-order chi connectivity index (χ0) is 20.3. The van der Waals surface area contributed by atoms with Crippen molar-refractivity contribution in [2.45, 2.75) is 27.7 Å². The number of carbonyl (C=O) groups is 2. The number of esters is 1. The number of benzene rings is 1. The van der Waals surface area contributed by atoms with E-state index in [1.807, 2.05) is 37.3 Å². The van der Waals surface area contributed by atoms with Gasteiger partial charge in [0.25, 0.3) is 5.91 Å². The molecule has 0 saturated carbocycles. The molecular formula is C21H22N4O3. The number of nitrogens with zero attached hydrogens (tertiary/aromatic N) is 2. The lowest BCUT2D eigenvalue weighted by Gasteiger charge is -2.04. The van der Waals surface area contributed by atoms with Crippen LogP contribution in [0.2, 0.25) is 0 Å². The summed E-state index contributed by atoms with van der Waals surface area (Å²) in [6.45, 7) is 7.44. The predicted molar refractivity (Wildman–Crippen MR) is 108 cm³/mol. The largest absolute Gasteiger partial charge is 0.462 e. The minimum absolute atomic E-state index is 0.279. The summed E-state index contributed by atoms with van der Waals surface area (Å²) in [5.41, 5.74) is 6.69. The number of H-pyrrole nitrogens is 1. The van der Waals surface area contributed by atoms with Gasteiger partial charge in [-0.05, 0) is 45.4 Å². The van der Waals surface area contributed by atoms with Crippen LogP contribution in [-0.2, 0) is 4.74 Å². The van der Waals surface area contributed by atoms with Crippen LogP contribution in [-0.4, -0.2) is 34.2 Å². The first-order valence-corrected chi connectivity index (χ1v) is 8.99. The van der Waals surface area contributed by atoms with Gasteiger partial charge in [-0.15, -0.1) is 0 Å². The smallest absolute Gasteiger partial charge is 0.340 e. The molecule has 0 atom stereocenters. The fourth-order valence-electron chi connectivity index (χ4n) is 3.06. The molecule has 2 heterocycles. The number of aromatic nitrogens is 2. The fraction of sp³-hybridized carbons (Fsp3) is 0.238. The summed E-state index contributed by atoms with van der Waals surface area (Å²) in [6.07, 6.45) is 0. The highest BCUT2D eigenvalue weighted by Gasteiger charge is 2.20. The molecule has 0 aliphatic carbocycles. The molecule has 0 unspecified atom stereocenters. The lowest BCUT2D eigenvalue weighted by molar-refractivity contribution is 0.0525. The minimum atomic E-state index is -0.406. The van der Waals surface area contributed by atoms with Crippen molar-refractivity contribution >= 4 is 28.5 Å². The maximum absolute atomic E-state index is 12.4. The normalized spacial score (nSPS) is 11.5. The number of ether oxygens (including phenoxy) is 1. The van der Waals surface area contributed by atoms with E-state index in [1.165, 1.54) is 0 Å². The summed E-state index contributed by atoms with van der Waals surface area (Å²) >= 11 is 0. The van der Waals surface area contributed by atoms with E-state index in [2.05, 4.69) is 20.5 Å². The van der Waals surface area contributed by atoms with E-state index >= 15 is 0 Å². The minimum Gasteiger partial charge on any atom is -0.462 e. The zero-order valence-corrected chi connectivity index (χ0v) is 16.3. The van der Waals surface area contributed by atoms with Crippen molar-refractivity contribution in [3.8, 4) is 0 Å². The molecule has 1 aromatic carbocycles. The molecule has 144 valence electrons. The van der Waals surface area contributed by atoms with Gasteiger partial charge in [0.05, 0.1) is 29.1 Å². The van der Waals surface area contributed by atoms with Crippen molar-refractivity contribution in [2.75, 3.05) is 6.61 Å². The van der Waals surface area contributed by atoms with Crippen LogP contribution in [0.15, 0.2) is 41.5 Å². The van der Waals surface area contributed by atoms with E-state index < -0.39 is 5.91 Å². The number of aryl methyl sites for hydroxylation is 1. The molecule has 0 fully saturated rings. The number of amides is 1. The van der Waals surface area contributed by atoms with E-state index in [0.717, 1.165) is 16.5 Å². The van der Waals surface area contributed by atoms with Crippen LogP contribution < -0.4 is 5.43 Å². The Labute approximate surface area is 162 Å². The van der Waals surface area contributed by atoms with Gasteiger partial charge in [-0.2, -0.15) is 5.10 Å². The van der Waals surface area contributed by atoms with Gasteiger partial charge in [0.2, 0.25) is 0 Å². The van der Waals surface area contributed by atoms with Gasteiger partial charge in [0, 0.05) is 11.1 Å². The first-order chi connectivity index (χ1) is 13.4. The monoisotopic (exact) mass is 378 g/mol. The van der Waals surface area contributed by atoms with Crippen molar-refractivity contribution in [1.82, 2.24) is 15.4 Å². The van der Waals surface area contributed by atoms with Gasteiger partial charge in [-0.25, -0.2) is 15.2 Å². The lowest BCUT2D eigenvalue weighted by Crippen LogP contribution is -2.20. The second kappa shape index (κ2) is 8.04. The Morgan fingerprint density at radius 3 is 2.68 bits per heavy atom. The van der Waals surface area contributed by atoms with Crippen molar-refractivity contribution in [2.24, 2.45) is 5.10 Å². The van der Waals surface area contributed by atoms with Gasteiger partial charge in [-0.3, -0.25) is 4.79 Å². The molecule has 1 amide bonds. The third-order valence-corrected chi connectivity index (χ3v) is 4.44. The molecular weight excluding hydrogens is 356 g/mol. The van der Waals surface area contributed by atoms with Gasteiger partial charge >= 0.3 is 5.97 Å². The number of pyridine rings is 1. The molecule has 0 spiro atoms. The Morgan fingerprint density at radius 1 is 1.18 bits per heavy atom. The zero-order valence-electron chi connectivity index (χ0n) is 16.3. The van der Waals surface area contributed by atoms with E-state index in [4.69, 9.17) is 4.74 Å². The van der Waals surface area contributed by atoms with Crippen LogP contribution in [0.5, 0.6) is 0 Å². The summed E-state index contributed by atoms with van der Waals surface area (Å²) < 4.78 is 5.10. The molecule has 3 rings (SSSR count). The van der Waals surface area contributed by atoms with E-state index in [0.29, 0.717) is 29.3 Å². The summed E-state index contributed by atoms with van der Waals surface area (Å²) in [5.74, 6) is -0.783. The molecule has 2 N–H and O–H groups in total. The first kappa shape index (κ1) is 19.3. The molecule has 2 aromatic heterocycles. The van der Waals surface area contributed by atoms with Gasteiger partial charge in [0.1, 0.15) is 5.69 Å². The standard InChI is InChI=1S/C21H22N4O3/c1-5-28-21(27)18-12(2)19(22-13(18)3)14(4)24-25-20(26)17-11-10-15-8-6-7-9-16(15)23-17/h6-11,22H,5H2,1-4H3,(H,25,26)/b24-14+. The highest BCUT2D eigenvalue weighted by molar-refractivity contribution is 6.04. The second-order valence-electron chi connectivity index (χ2n) is 6.37. The number of rotatable bonds is 5. The average molecular weight is 378 g/mol. The number of fused-ring (bicyclic) bond motifs is 1. The molecule has 7 heteroatoms. The van der Waals surface area contributed by atoms with Crippen molar-refractivity contribution in [3.05, 3.63) is 64.6 Å². The van der Waals surface area contributed by atoms with Crippen LogP contribution in [0.25, 0.3) is 10.9 Å². The summed E-state index contributed by atoms with van der Waals surface area (Å²) in [5, 5.41) is 5.13. The Kier molecular flexibility index (Phi) is 5.54. The second-order valence-corrected chi connectivity index (χ2v) is 6.37. The quantitative estimate of drug-likeness (QED) is 0.403. The fourth-order valence-corrected chi connectivity index (χ4v) is 3.06. The number of hydrogen-bond donors (Lipinski definition) is 2. The molecule has 0 aliphatic heterocycles. The summed E-state index contributed by atoms with van der Waals surface area (Å²) in [7, 11) is 0. The van der Waals surface area contributed by atoms with Gasteiger partial charge in [0.15, 0.2) is 0 Å². The molecule has 3 aromatic rings. The third kappa shape index (κ3) is 3.78. The number of nitrogens with one attached hydrogen (secondary N) is 2. The molecule has 0 saturated heterocycles. The molecule has 0 aliphatic rings. The van der Waals surface area contributed by atoms with Crippen LogP contribution in [0.1, 0.15) is 51.6 Å². The molecule has 28 heavy (non-hydrogen) atoms. The van der Waals surface area contributed by atoms with E-state index in [-0.39, 0.29) is 11.7 Å². The highest BCUT2D eigenvalue weighted by Crippen LogP contribution is 2.19. The molecule has 0 bridgehead atoms. The van der Waals surface area contributed by atoms with Crippen molar-refractivity contribution in [1.29, 1.82) is 0 Å². The Morgan fingerprint density at radius 2 is 1.93 bits per heavy atom. The van der Waals surface area contributed by atoms with Gasteiger partial charge in [-0.1, -0.05) is 24.3 Å². The van der Waals surface area contributed by atoms with Crippen LogP contribution in [0.3, 0.4) is 0 Å². The van der Waals surface area contributed by atoms with Gasteiger partial charge < -0.3 is 9.72 Å². The van der Waals surface area contributed by atoms with E-state index in [9.17, 15) is 9.59 Å². The Hall–Kier alpha value is -3.48. The van der Waals surface area contributed by atoms with Crippen LogP contribution >= 0.6 is 0 Å². The van der Waals surface area contributed by atoms with Crippen LogP contribution in [0, 0.1) is 13.8 Å². The maximum Gasteiger partial charge on any atom is 0.340 e. The molecule has 0 radical (unpaired) electrons.